The lowest BCUT2D eigenvalue weighted by molar-refractivity contribution is -0.154. The fourth-order valence-electron chi connectivity index (χ4n) is 2.95. The molecule has 140 valence electrons. The zero-order chi connectivity index (χ0) is 19.8. The number of benzene rings is 1. The minimum atomic E-state index is -2.09. The maximum absolute atomic E-state index is 12.9. The van der Waals surface area contributed by atoms with Crippen LogP contribution in [0, 0.1) is 12.3 Å². The van der Waals surface area contributed by atoms with Crippen LogP contribution in [0.5, 0.6) is 0 Å². The molecule has 0 spiro atoms. The zero-order valence-corrected chi connectivity index (χ0v) is 14.0. The standard InChI is InChI=1S/C18H16N2O7/c1-2-11-8-19(18(10-21)14(23)13(22)9-27-18)17(26)20(15(11)24)16(25)12-6-4-3-5-7-12/h1,3-8,13-14,21-23H,9-10H2/t13-,14+,18+/m1/s1. The summed E-state index contributed by atoms with van der Waals surface area (Å²) in [4.78, 5) is 38.2. The largest absolute Gasteiger partial charge is 0.391 e. The molecule has 1 aliphatic heterocycles. The number of nitrogens with zero attached hydrogens (tertiary/aromatic N) is 2. The Hall–Kier alpha value is -3.03. The predicted octanol–water partition coefficient (Wildman–Crippen LogP) is -1.92. The van der Waals surface area contributed by atoms with Gasteiger partial charge in [-0.2, -0.15) is 4.57 Å². The first-order valence-electron chi connectivity index (χ1n) is 7.94. The summed E-state index contributed by atoms with van der Waals surface area (Å²) in [6.07, 6.45) is 3.15. The molecule has 0 aliphatic carbocycles. The lowest BCUT2D eigenvalue weighted by Crippen LogP contribution is -2.57. The third-order valence-corrected chi connectivity index (χ3v) is 4.43. The Morgan fingerprint density at radius 2 is 1.96 bits per heavy atom. The summed E-state index contributed by atoms with van der Waals surface area (Å²) in [5, 5.41) is 29.8. The number of rotatable bonds is 3. The van der Waals surface area contributed by atoms with Gasteiger partial charge in [0, 0.05) is 11.8 Å². The fourth-order valence-corrected chi connectivity index (χ4v) is 2.95. The topological polar surface area (TPSA) is 131 Å². The van der Waals surface area contributed by atoms with Crippen LogP contribution in [0.4, 0.5) is 0 Å². The van der Waals surface area contributed by atoms with E-state index in [0.29, 0.717) is 9.13 Å². The molecule has 0 saturated carbocycles. The van der Waals surface area contributed by atoms with Crippen LogP contribution < -0.4 is 11.2 Å². The van der Waals surface area contributed by atoms with E-state index in [-0.39, 0.29) is 17.7 Å². The lowest BCUT2D eigenvalue weighted by atomic mass is 10.1. The van der Waals surface area contributed by atoms with Crippen LogP contribution in [0.2, 0.25) is 0 Å². The molecule has 1 fully saturated rings. The van der Waals surface area contributed by atoms with Crippen molar-refractivity contribution in [3.8, 4) is 12.3 Å². The average molecular weight is 372 g/mol. The molecule has 0 unspecified atom stereocenters. The van der Waals surface area contributed by atoms with Gasteiger partial charge in [0.2, 0.25) is 5.72 Å². The number of aliphatic hydroxyl groups excluding tert-OH is 3. The minimum absolute atomic E-state index is 0.0587. The fraction of sp³-hybridized carbons (Fsp3) is 0.278. The predicted molar refractivity (Wildman–Crippen MR) is 92.1 cm³/mol. The van der Waals surface area contributed by atoms with Crippen LogP contribution in [-0.2, 0) is 10.5 Å². The van der Waals surface area contributed by atoms with E-state index in [0.717, 1.165) is 6.20 Å². The molecule has 1 aromatic carbocycles. The van der Waals surface area contributed by atoms with Crippen LogP contribution in [0.15, 0.2) is 46.1 Å². The number of hydrogen-bond acceptors (Lipinski definition) is 7. The molecule has 0 amide bonds. The summed E-state index contributed by atoms with van der Waals surface area (Å²) >= 11 is 0. The monoisotopic (exact) mass is 372 g/mol. The van der Waals surface area contributed by atoms with Gasteiger partial charge in [0.15, 0.2) is 0 Å². The van der Waals surface area contributed by atoms with E-state index < -0.39 is 41.7 Å². The highest BCUT2D eigenvalue weighted by Gasteiger charge is 2.51. The zero-order valence-electron chi connectivity index (χ0n) is 14.0. The first-order chi connectivity index (χ1) is 12.9. The summed E-state index contributed by atoms with van der Waals surface area (Å²) in [7, 11) is 0. The van der Waals surface area contributed by atoms with Gasteiger partial charge in [0.25, 0.3) is 11.5 Å². The maximum atomic E-state index is 12.9. The molecule has 0 bridgehead atoms. The van der Waals surface area contributed by atoms with E-state index in [1.165, 1.54) is 12.1 Å². The highest BCUT2D eigenvalue weighted by molar-refractivity contribution is 5.95. The van der Waals surface area contributed by atoms with Crippen molar-refractivity contribution in [3.05, 3.63) is 68.5 Å². The van der Waals surface area contributed by atoms with E-state index in [9.17, 15) is 29.7 Å². The molecule has 9 heteroatoms. The van der Waals surface area contributed by atoms with Gasteiger partial charge in [-0.25, -0.2) is 4.79 Å². The molecule has 3 N–H and O–H groups in total. The normalized spacial score (nSPS) is 24.5. The van der Waals surface area contributed by atoms with Crippen molar-refractivity contribution in [2.24, 2.45) is 0 Å². The van der Waals surface area contributed by atoms with Crippen molar-refractivity contribution >= 4 is 5.91 Å². The minimum Gasteiger partial charge on any atom is -0.391 e. The Kier molecular flexibility index (Phi) is 4.82. The van der Waals surface area contributed by atoms with Crippen LogP contribution in [0.25, 0.3) is 0 Å². The van der Waals surface area contributed by atoms with Crippen LogP contribution >= 0.6 is 0 Å². The van der Waals surface area contributed by atoms with E-state index in [1.54, 1.807) is 18.2 Å². The summed E-state index contributed by atoms with van der Waals surface area (Å²) in [6.45, 7) is -1.28. The van der Waals surface area contributed by atoms with E-state index in [4.69, 9.17) is 11.2 Å². The molecular formula is C18H16N2O7. The number of aliphatic hydroxyl groups is 3. The summed E-state index contributed by atoms with van der Waals surface area (Å²) in [6, 6.07) is 7.58. The van der Waals surface area contributed by atoms with E-state index in [1.807, 2.05) is 0 Å². The second kappa shape index (κ2) is 6.94. The molecule has 1 aromatic heterocycles. The van der Waals surface area contributed by atoms with Gasteiger partial charge in [-0.05, 0) is 12.1 Å². The third kappa shape index (κ3) is 2.81. The SMILES string of the molecule is C#Cc1cn([C@@]2(CO)OC[C@@H](O)[C@@H]2O)c(=O)n(C(=O)c2ccccc2)c1=O. The van der Waals surface area contributed by atoms with Crippen molar-refractivity contribution in [2.75, 3.05) is 13.2 Å². The smallest absolute Gasteiger partial charge is 0.340 e. The molecule has 3 rings (SSSR count). The quantitative estimate of drug-likeness (QED) is 0.535. The third-order valence-electron chi connectivity index (χ3n) is 4.43. The number of aromatic nitrogens is 2. The summed E-state index contributed by atoms with van der Waals surface area (Å²) in [5.74, 6) is 1.14. The molecule has 27 heavy (non-hydrogen) atoms. The number of ether oxygens (including phenoxy) is 1. The van der Waals surface area contributed by atoms with Crippen LogP contribution in [0.1, 0.15) is 15.9 Å². The molecule has 0 radical (unpaired) electrons. The van der Waals surface area contributed by atoms with Crippen molar-refractivity contribution in [3.63, 3.8) is 0 Å². The van der Waals surface area contributed by atoms with Crippen molar-refractivity contribution in [1.82, 2.24) is 9.13 Å². The average Bonchev–Trinajstić information content (AvgIpc) is 2.98. The van der Waals surface area contributed by atoms with E-state index in [2.05, 4.69) is 5.92 Å². The summed E-state index contributed by atoms with van der Waals surface area (Å²) in [5.41, 5.74) is -4.58. The Morgan fingerprint density at radius 3 is 2.48 bits per heavy atom. The Morgan fingerprint density at radius 1 is 1.30 bits per heavy atom. The summed E-state index contributed by atoms with van der Waals surface area (Å²) < 4.78 is 6.26. The molecule has 9 nitrogen and oxygen atoms in total. The van der Waals surface area contributed by atoms with Gasteiger partial charge in [-0.1, -0.05) is 24.1 Å². The van der Waals surface area contributed by atoms with Gasteiger partial charge in [-0.15, -0.1) is 6.42 Å². The van der Waals surface area contributed by atoms with Gasteiger partial charge in [0.1, 0.15) is 17.8 Å². The Balaban J connectivity index is 2.30. The van der Waals surface area contributed by atoms with Crippen molar-refractivity contribution in [2.45, 2.75) is 17.9 Å². The van der Waals surface area contributed by atoms with E-state index >= 15 is 0 Å². The highest BCUT2D eigenvalue weighted by Crippen LogP contribution is 2.30. The number of carbonyl (C=O) groups excluding carboxylic acids is 1. The van der Waals surface area contributed by atoms with Gasteiger partial charge in [-0.3, -0.25) is 14.2 Å². The maximum Gasteiger partial charge on any atom is 0.340 e. The number of terminal acetylenes is 1. The molecule has 3 atom stereocenters. The number of hydrogen-bond donors (Lipinski definition) is 3. The van der Waals surface area contributed by atoms with Crippen LogP contribution in [0.3, 0.4) is 0 Å². The van der Waals surface area contributed by atoms with Crippen LogP contribution in [-0.4, -0.2) is 55.8 Å². The van der Waals surface area contributed by atoms with Gasteiger partial charge < -0.3 is 20.1 Å². The van der Waals surface area contributed by atoms with Crippen molar-refractivity contribution in [1.29, 1.82) is 0 Å². The molecule has 1 saturated heterocycles. The molecule has 1 aliphatic rings. The lowest BCUT2D eigenvalue weighted by Gasteiger charge is -2.32. The second-order valence-electron chi connectivity index (χ2n) is 5.98. The highest BCUT2D eigenvalue weighted by atomic mass is 16.6. The molecule has 2 heterocycles. The Labute approximate surface area is 152 Å². The Bertz CT molecular complexity index is 1030. The first-order valence-corrected chi connectivity index (χ1v) is 7.94. The number of carbonyl (C=O) groups is 1. The van der Waals surface area contributed by atoms with Gasteiger partial charge >= 0.3 is 5.69 Å². The molecular weight excluding hydrogens is 356 g/mol. The second-order valence-corrected chi connectivity index (χ2v) is 5.98. The van der Waals surface area contributed by atoms with Gasteiger partial charge in [0.05, 0.1) is 13.2 Å². The molecule has 2 aromatic rings. The van der Waals surface area contributed by atoms with Crippen molar-refractivity contribution < 1.29 is 24.9 Å². The first kappa shape index (κ1) is 18.8.